The van der Waals surface area contributed by atoms with Gasteiger partial charge in [-0.25, -0.2) is 0 Å². The molecule has 0 aromatic rings. The molecule has 0 fully saturated rings. The zero-order chi connectivity index (χ0) is 27.9. The quantitative estimate of drug-likeness (QED) is 0.0893. The Labute approximate surface area is 217 Å². The summed E-state index contributed by atoms with van der Waals surface area (Å²) < 4.78 is 0. The molecule has 13 heteroatoms. The van der Waals surface area contributed by atoms with Crippen LogP contribution in [0.5, 0.6) is 0 Å². The number of carbonyl (C=O) groups is 6. The largest absolute Gasteiger partial charge is 0.481 e. The Morgan fingerprint density at radius 1 is 0.622 bits per heavy atom. The van der Waals surface area contributed by atoms with Crippen molar-refractivity contribution in [1.29, 1.82) is 0 Å². The van der Waals surface area contributed by atoms with Gasteiger partial charge in [0.05, 0.1) is 26.1 Å². The van der Waals surface area contributed by atoms with Crippen LogP contribution < -0.4 is 26.6 Å². The van der Waals surface area contributed by atoms with Gasteiger partial charge in [-0.15, -0.1) is 0 Å². The van der Waals surface area contributed by atoms with Crippen molar-refractivity contribution < 1.29 is 39.0 Å². The van der Waals surface area contributed by atoms with E-state index in [-0.39, 0.29) is 37.7 Å². The first-order valence-corrected chi connectivity index (χ1v) is 12.9. The van der Waals surface area contributed by atoms with Crippen molar-refractivity contribution in [2.45, 2.75) is 83.6 Å². The van der Waals surface area contributed by atoms with Gasteiger partial charge in [-0.3, -0.25) is 28.8 Å². The lowest BCUT2D eigenvalue weighted by Gasteiger charge is -2.16. The number of hydrogen-bond donors (Lipinski definition) is 7. The van der Waals surface area contributed by atoms with Crippen LogP contribution in [0.25, 0.3) is 0 Å². The highest BCUT2D eigenvalue weighted by molar-refractivity contribution is 5.91. The number of nitrogens with one attached hydrogen (secondary N) is 5. The third kappa shape index (κ3) is 20.7. The molecule has 5 amide bonds. The van der Waals surface area contributed by atoms with Gasteiger partial charge in [0.15, 0.2) is 0 Å². The summed E-state index contributed by atoms with van der Waals surface area (Å²) in [5.74, 6) is -3.46. The molecule has 1 unspecified atom stereocenters. The SMILES string of the molecule is CCCCCCCC(=O)NCCCCCC(=O)NCC(=O)NCC(=O)NC(CO)C(=O)NCCC(=O)O. The van der Waals surface area contributed by atoms with E-state index < -0.39 is 42.9 Å². The summed E-state index contributed by atoms with van der Waals surface area (Å²) in [5.41, 5.74) is 0. The first-order chi connectivity index (χ1) is 17.7. The maximum absolute atomic E-state index is 11.9. The fraction of sp³-hybridized carbons (Fsp3) is 0.750. The second-order valence-electron chi connectivity index (χ2n) is 8.62. The molecule has 0 saturated heterocycles. The molecule has 0 saturated carbocycles. The smallest absolute Gasteiger partial charge is 0.305 e. The summed E-state index contributed by atoms with van der Waals surface area (Å²) in [7, 11) is 0. The number of aliphatic hydroxyl groups is 1. The second kappa shape index (κ2) is 22.0. The Morgan fingerprint density at radius 3 is 1.81 bits per heavy atom. The minimum absolute atomic E-state index is 0.0554. The van der Waals surface area contributed by atoms with E-state index in [1.165, 1.54) is 12.8 Å². The van der Waals surface area contributed by atoms with E-state index in [1.807, 2.05) is 0 Å². The first kappa shape index (κ1) is 33.8. The Hall–Kier alpha value is -3.22. The highest BCUT2D eigenvalue weighted by Crippen LogP contribution is 2.05. The molecule has 0 bridgehead atoms. The first-order valence-electron chi connectivity index (χ1n) is 12.9. The molecule has 0 radical (unpaired) electrons. The van der Waals surface area contributed by atoms with Crippen LogP contribution in [0.15, 0.2) is 0 Å². The summed E-state index contributed by atoms with van der Waals surface area (Å²) in [6, 6.07) is -1.29. The average molecular weight is 530 g/mol. The lowest BCUT2D eigenvalue weighted by Crippen LogP contribution is -2.52. The Morgan fingerprint density at radius 2 is 1.19 bits per heavy atom. The maximum Gasteiger partial charge on any atom is 0.305 e. The van der Waals surface area contributed by atoms with Gasteiger partial charge in [-0.05, 0) is 19.3 Å². The van der Waals surface area contributed by atoms with E-state index in [2.05, 4.69) is 33.5 Å². The van der Waals surface area contributed by atoms with Crippen LogP contribution in [0, 0.1) is 0 Å². The lowest BCUT2D eigenvalue weighted by molar-refractivity contribution is -0.137. The molecule has 212 valence electrons. The zero-order valence-electron chi connectivity index (χ0n) is 21.7. The van der Waals surface area contributed by atoms with E-state index in [9.17, 15) is 33.9 Å². The lowest BCUT2D eigenvalue weighted by atomic mass is 10.1. The molecular weight excluding hydrogens is 486 g/mol. The number of aliphatic carboxylic acids is 1. The number of rotatable bonds is 22. The molecule has 0 spiro atoms. The van der Waals surface area contributed by atoms with E-state index >= 15 is 0 Å². The summed E-state index contributed by atoms with van der Waals surface area (Å²) in [4.78, 5) is 69.6. The van der Waals surface area contributed by atoms with Crippen LogP contribution in [-0.2, 0) is 28.8 Å². The minimum Gasteiger partial charge on any atom is -0.481 e. The standard InChI is InChI=1S/C24H43N5O8/c1-2-3-4-5-7-10-19(31)25-13-9-6-8-11-20(32)27-15-21(33)28-16-22(34)29-18(17-30)24(37)26-14-12-23(35)36/h18,30H,2-17H2,1H3,(H,25,31)(H,26,37)(H,27,32)(H,28,33)(H,29,34)(H,35,36). The third-order valence-corrected chi connectivity index (χ3v) is 5.27. The van der Waals surface area contributed by atoms with Gasteiger partial charge in [0.2, 0.25) is 29.5 Å². The number of aliphatic hydroxyl groups excluding tert-OH is 1. The number of unbranched alkanes of at least 4 members (excludes halogenated alkanes) is 6. The molecule has 13 nitrogen and oxygen atoms in total. The fourth-order valence-corrected chi connectivity index (χ4v) is 3.16. The Kier molecular flexibility index (Phi) is 20.1. The maximum atomic E-state index is 11.9. The van der Waals surface area contributed by atoms with Crippen molar-refractivity contribution in [2.24, 2.45) is 0 Å². The zero-order valence-corrected chi connectivity index (χ0v) is 21.7. The van der Waals surface area contributed by atoms with Crippen LogP contribution in [-0.4, -0.2) is 84.5 Å². The summed E-state index contributed by atoms with van der Waals surface area (Å²) >= 11 is 0. The highest BCUT2D eigenvalue weighted by atomic mass is 16.4. The van der Waals surface area contributed by atoms with Gasteiger partial charge in [0.1, 0.15) is 6.04 Å². The predicted molar refractivity (Wildman–Crippen MR) is 135 cm³/mol. The normalized spacial score (nSPS) is 11.2. The van der Waals surface area contributed by atoms with Gasteiger partial charge in [-0.2, -0.15) is 0 Å². The third-order valence-electron chi connectivity index (χ3n) is 5.27. The van der Waals surface area contributed by atoms with E-state index in [1.54, 1.807) is 0 Å². The molecule has 0 heterocycles. The van der Waals surface area contributed by atoms with Crippen LogP contribution in [0.4, 0.5) is 0 Å². The van der Waals surface area contributed by atoms with Crippen molar-refractivity contribution in [1.82, 2.24) is 26.6 Å². The molecule has 1 atom stereocenters. The molecule has 7 N–H and O–H groups in total. The molecule has 0 aliphatic heterocycles. The summed E-state index contributed by atoms with van der Waals surface area (Å²) in [5, 5.41) is 29.9. The molecule has 0 rings (SSSR count). The van der Waals surface area contributed by atoms with Gasteiger partial charge in [0, 0.05) is 25.9 Å². The van der Waals surface area contributed by atoms with Crippen LogP contribution >= 0.6 is 0 Å². The van der Waals surface area contributed by atoms with Crippen molar-refractivity contribution in [3.8, 4) is 0 Å². The average Bonchev–Trinajstić information content (AvgIpc) is 2.86. The monoisotopic (exact) mass is 529 g/mol. The highest BCUT2D eigenvalue weighted by Gasteiger charge is 2.20. The van der Waals surface area contributed by atoms with Gasteiger partial charge in [0.25, 0.3) is 0 Å². The van der Waals surface area contributed by atoms with Crippen molar-refractivity contribution in [3.63, 3.8) is 0 Å². The molecule has 0 aromatic heterocycles. The van der Waals surface area contributed by atoms with Crippen LogP contribution in [0.2, 0.25) is 0 Å². The van der Waals surface area contributed by atoms with Crippen molar-refractivity contribution >= 4 is 35.5 Å². The molecule has 0 aromatic carbocycles. The van der Waals surface area contributed by atoms with E-state index in [0.29, 0.717) is 19.4 Å². The Balaban J connectivity index is 3.85. The molecule has 0 aliphatic carbocycles. The molecular formula is C24H43N5O8. The number of carboxylic acids is 1. The number of carbonyl (C=O) groups excluding carboxylic acids is 5. The predicted octanol–water partition coefficient (Wildman–Crippen LogP) is -0.676. The number of hydrogen-bond acceptors (Lipinski definition) is 7. The summed E-state index contributed by atoms with van der Waals surface area (Å²) in [6.45, 7) is 1.06. The van der Waals surface area contributed by atoms with Gasteiger partial charge < -0.3 is 36.8 Å². The number of carboxylic acid groups (broad SMARTS) is 1. The van der Waals surface area contributed by atoms with Gasteiger partial charge >= 0.3 is 5.97 Å². The summed E-state index contributed by atoms with van der Waals surface area (Å²) in [6.07, 6.45) is 8.10. The van der Waals surface area contributed by atoms with Gasteiger partial charge in [-0.1, -0.05) is 39.0 Å². The Bertz CT molecular complexity index is 732. The molecule has 37 heavy (non-hydrogen) atoms. The topological polar surface area (TPSA) is 203 Å². The number of amides is 5. The molecule has 0 aliphatic rings. The van der Waals surface area contributed by atoms with Crippen molar-refractivity contribution in [3.05, 3.63) is 0 Å². The van der Waals surface area contributed by atoms with E-state index in [0.717, 1.165) is 32.1 Å². The van der Waals surface area contributed by atoms with Crippen LogP contribution in [0.1, 0.15) is 77.6 Å². The van der Waals surface area contributed by atoms with Crippen molar-refractivity contribution in [2.75, 3.05) is 32.8 Å². The second-order valence-corrected chi connectivity index (χ2v) is 8.62. The van der Waals surface area contributed by atoms with E-state index in [4.69, 9.17) is 5.11 Å². The minimum atomic E-state index is -1.29. The fourth-order valence-electron chi connectivity index (χ4n) is 3.16. The van der Waals surface area contributed by atoms with Crippen LogP contribution in [0.3, 0.4) is 0 Å².